The van der Waals surface area contributed by atoms with E-state index in [1.807, 2.05) is 0 Å². The highest BCUT2D eigenvalue weighted by Crippen LogP contribution is 2.35. The van der Waals surface area contributed by atoms with Crippen LogP contribution in [0.4, 0.5) is 0 Å². The number of aromatic hydroxyl groups is 4. The predicted octanol–water partition coefficient (Wildman–Crippen LogP) is 1.04. The van der Waals surface area contributed by atoms with E-state index in [2.05, 4.69) is 5.32 Å². The van der Waals surface area contributed by atoms with Gasteiger partial charge in [-0.3, -0.25) is 9.59 Å². The largest absolute Gasteiger partial charge is 0.508 e. The Morgan fingerprint density at radius 2 is 1.48 bits per heavy atom. The number of nitrogens with one attached hydrogen (secondary N) is 1. The van der Waals surface area contributed by atoms with Crippen molar-refractivity contribution >= 4 is 33.7 Å². The summed E-state index contributed by atoms with van der Waals surface area (Å²) in [5.74, 6) is -7.26. The SMILES string of the molecule is CS(=O)(=O)N1C[C@@H](NC(=O)c2ccc(O)cc2)[C@H](OC(=O)c2cc(O)c(C(=O)c3c(O)cccc3C(=O)O)c(O)c2)C1. The average Bonchev–Trinajstić information content (AvgIpc) is 3.30. The van der Waals surface area contributed by atoms with Crippen molar-refractivity contribution < 1.29 is 57.9 Å². The molecule has 42 heavy (non-hydrogen) atoms. The molecule has 0 aromatic heterocycles. The molecule has 0 saturated carbocycles. The number of carbonyl (C=O) groups is 4. The van der Waals surface area contributed by atoms with Crippen LogP contribution in [0.25, 0.3) is 0 Å². The Morgan fingerprint density at radius 1 is 0.857 bits per heavy atom. The highest BCUT2D eigenvalue weighted by atomic mass is 32.2. The number of sulfonamides is 1. The lowest BCUT2D eigenvalue weighted by atomic mass is 9.95. The van der Waals surface area contributed by atoms with E-state index in [4.69, 9.17) is 4.74 Å². The van der Waals surface area contributed by atoms with Gasteiger partial charge in [0.25, 0.3) is 5.91 Å². The fourth-order valence-corrected chi connectivity index (χ4v) is 5.23. The van der Waals surface area contributed by atoms with Gasteiger partial charge in [0, 0.05) is 12.1 Å². The summed E-state index contributed by atoms with van der Waals surface area (Å²) in [5, 5.41) is 52.5. The van der Waals surface area contributed by atoms with Crippen LogP contribution < -0.4 is 5.32 Å². The van der Waals surface area contributed by atoms with Gasteiger partial charge in [-0.1, -0.05) is 6.07 Å². The maximum atomic E-state index is 13.0. The summed E-state index contributed by atoms with van der Waals surface area (Å²) < 4.78 is 30.7. The van der Waals surface area contributed by atoms with Crippen molar-refractivity contribution in [2.24, 2.45) is 0 Å². The first-order valence-corrected chi connectivity index (χ1v) is 13.9. The fourth-order valence-electron chi connectivity index (χ4n) is 4.38. The molecule has 0 radical (unpaired) electrons. The lowest BCUT2D eigenvalue weighted by Crippen LogP contribution is -2.44. The second-order valence-corrected chi connectivity index (χ2v) is 11.4. The summed E-state index contributed by atoms with van der Waals surface area (Å²) >= 11 is 0. The van der Waals surface area contributed by atoms with Crippen LogP contribution in [0, 0.1) is 0 Å². The summed E-state index contributed by atoms with van der Waals surface area (Å²) in [4.78, 5) is 50.3. The van der Waals surface area contributed by atoms with Crippen molar-refractivity contribution in [3.8, 4) is 23.0 Å². The number of nitrogens with zero attached hydrogens (tertiary/aromatic N) is 1. The summed E-state index contributed by atoms with van der Waals surface area (Å²) in [6, 6.07) is 9.00. The van der Waals surface area contributed by atoms with Gasteiger partial charge in [0.2, 0.25) is 15.8 Å². The molecule has 2 atom stereocenters. The molecule has 15 heteroatoms. The number of carboxylic acid groups (broad SMARTS) is 1. The standard InChI is InChI=1S/C27H24N2O12S/c1-42(39,40)29-11-17(28-25(35)13-5-7-15(30)8-6-13)21(12-29)41-27(38)14-9-19(32)23(20(33)10-14)24(34)22-16(26(36)37)3-2-4-18(22)31/h2-10,17,21,30-33H,11-12H2,1H3,(H,28,35)(H,36,37)/t17-,21-/m1/s1. The number of hydrogen-bond acceptors (Lipinski definition) is 11. The van der Waals surface area contributed by atoms with Crippen molar-refractivity contribution in [3.05, 3.63) is 82.4 Å². The molecule has 14 nitrogen and oxygen atoms in total. The molecular weight excluding hydrogens is 576 g/mol. The van der Waals surface area contributed by atoms with Crippen LogP contribution >= 0.6 is 0 Å². The summed E-state index contributed by atoms with van der Waals surface area (Å²) in [7, 11) is -3.77. The van der Waals surface area contributed by atoms with E-state index in [0.29, 0.717) is 0 Å². The van der Waals surface area contributed by atoms with Gasteiger partial charge in [0.05, 0.1) is 35.5 Å². The molecule has 1 aliphatic heterocycles. The van der Waals surface area contributed by atoms with Crippen molar-refractivity contribution in [2.45, 2.75) is 12.1 Å². The number of ketones is 1. The predicted molar refractivity (Wildman–Crippen MR) is 143 cm³/mol. The van der Waals surface area contributed by atoms with E-state index in [9.17, 15) is 53.1 Å². The molecular formula is C27H24N2O12S. The Kier molecular flexibility index (Phi) is 8.08. The number of esters is 1. The molecule has 0 spiro atoms. The van der Waals surface area contributed by atoms with Gasteiger partial charge < -0.3 is 35.6 Å². The molecule has 0 aliphatic carbocycles. The number of ether oxygens (including phenoxy) is 1. The Bertz CT molecular complexity index is 1680. The van der Waals surface area contributed by atoms with Crippen LogP contribution in [0.1, 0.15) is 47.0 Å². The zero-order valence-electron chi connectivity index (χ0n) is 21.7. The number of phenolic OH excluding ortho intramolecular Hbond substituents is 4. The second-order valence-electron chi connectivity index (χ2n) is 9.37. The number of amides is 1. The van der Waals surface area contributed by atoms with Gasteiger partial charge in [-0.25, -0.2) is 18.0 Å². The van der Waals surface area contributed by atoms with Gasteiger partial charge in [-0.2, -0.15) is 4.31 Å². The molecule has 220 valence electrons. The maximum Gasteiger partial charge on any atom is 0.338 e. The summed E-state index contributed by atoms with van der Waals surface area (Å²) in [6.45, 7) is -0.568. The number of rotatable bonds is 8. The second kappa shape index (κ2) is 11.4. The molecule has 1 fully saturated rings. The van der Waals surface area contributed by atoms with Crippen molar-refractivity contribution in [1.29, 1.82) is 0 Å². The van der Waals surface area contributed by atoms with E-state index in [1.54, 1.807) is 0 Å². The monoisotopic (exact) mass is 600 g/mol. The van der Waals surface area contributed by atoms with Crippen molar-refractivity contribution in [3.63, 3.8) is 0 Å². The topological polar surface area (TPSA) is 228 Å². The minimum Gasteiger partial charge on any atom is -0.508 e. The number of carboxylic acids is 1. The van der Waals surface area contributed by atoms with E-state index in [1.165, 1.54) is 30.3 Å². The third-order valence-corrected chi connectivity index (χ3v) is 7.70. The lowest BCUT2D eigenvalue weighted by molar-refractivity contribution is 0.0275. The third kappa shape index (κ3) is 6.11. The Balaban J connectivity index is 1.59. The first-order chi connectivity index (χ1) is 19.7. The van der Waals surface area contributed by atoms with Crippen LogP contribution in [0.5, 0.6) is 23.0 Å². The molecule has 1 heterocycles. The summed E-state index contributed by atoms with van der Waals surface area (Å²) in [6.07, 6.45) is -0.277. The highest BCUT2D eigenvalue weighted by molar-refractivity contribution is 7.88. The number of benzene rings is 3. The molecule has 4 rings (SSSR count). The van der Waals surface area contributed by atoms with E-state index in [0.717, 1.165) is 34.8 Å². The van der Waals surface area contributed by atoms with Gasteiger partial charge in [0.15, 0.2) is 0 Å². The van der Waals surface area contributed by atoms with E-state index in [-0.39, 0.29) is 24.4 Å². The Hall–Kier alpha value is -5.15. The minimum absolute atomic E-state index is 0.0791. The average molecular weight is 601 g/mol. The van der Waals surface area contributed by atoms with Crippen LogP contribution in [0.15, 0.2) is 54.6 Å². The highest BCUT2D eigenvalue weighted by Gasteiger charge is 2.41. The van der Waals surface area contributed by atoms with Crippen molar-refractivity contribution in [1.82, 2.24) is 9.62 Å². The zero-order valence-corrected chi connectivity index (χ0v) is 22.5. The molecule has 3 aromatic carbocycles. The Labute approximate surface area is 238 Å². The van der Waals surface area contributed by atoms with Gasteiger partial charge >= 0.3 is 11.9 Å². The lowest BCUT2D eigenvalue weighted by Gasteiger charge is -2.20. The molecule has 1 aliphatic rings. The van der Waals surface area contributed by atoms with E-state index >= 15 is 0 Å². The Morgan fingerprint density at radius 3 is 2.05 bits per heavy atom. The number of phenols is 4. The normalized spacial score (nSPS) is 17.0. The maximum absolute atomic E-state index is 13.0. The molecule has 3 aromatic rings. The fraction of sp³-hybridized carbons (Fsp3) is 0.185. The van der Waals surface area contributed by atoms with Gasteiger partial charge in [0.1, 0.15) is 34.7 Å². The molecule has 1 saturated heterocycles. The van der Waals surface area contributed by atoms with Gasteiger partial charge in [-0.05, 0) is 48.5 Å². The van der Waals surface area contributed by atoms with Crippen LogP contribution in [-0.4, -0.2) is 93.4 Å². The molecule has 1 amide bonds. The number of hydrogen-bond donors (Lipinski definition) is 6. The van der Waals surface area contributed by atoms with Crippen molar-refractivity contribution in [2.75, 3.05) is 19.3 Å². The number of aromatic carboxylic acids is 1. The quantitative estimate of drug-likeness (QED) is 0.157. The summed E-state index contributed by atoms with van der Waals surface area (Å²) in [5.41, 5.74) is -2.41. The zero-order chi connectivity index (χ0) is 30.9. The van der Waals surface area contributed by atoms with E-state index < -0.39 is 85.3 Å². The van der Waals surface area contributed by atoms with Gasteiger partial charge in [-0.15, -0.1) is 0 Å². The number of carbonyl (C=O) groups excluding carboxylic acids is 3. The van der Waals surface area contributed by atoms with Crippen LogP contribution in [0.3, 0.4) is 0 Å². The van der Waals surface area contributed by atoms with Crippen LogP contribution in [0.2, 0.25) is 0 Å². The smallest absolute Gasteiger partial charge is 0.338 e. The molecule has 0 unspecified atom stereocenters. The molecule has 6 N–H and O–H groups in total. The van der Waals surface area contributed by atoms with Crippen LogP contribution in [-0.2, 0) is 14.8 Å². The molecule has 0 bridgehead atoms. The minimum atomic E-state index is -3.77. The third-order valence-electron chi connectivity index (χ3n) is 6.47. The first-order valence-electron chi connectivity index (χ1n) is 12.1. The first kappa shape index (κ1) is 29.8.